The van der Waals surface area contributed by atoms with Gasteiger partial charge in [-0.3, -0.25) is 10.3 Å². The molecule has 1 fully saturated rings. The summed E-state index contributed by atoms with van der Waals surface area (Å²) >= 11 is 0. The van der Waals surface area contributed by atoms with Crippen LogP contribution < -0.4 is 5.73 Å². The molecule has 0 aliphatic carbocycles. The zero-order chi connectivity index (χ0) is 11.3. The molecule has 0 bridgehead atoms. The van der Waals surface area contributed by atoms with E-state index in [-0.39, 0.29) is 0 Å². The predicted octanol–water partition coefficient (Wildman–Crippen LogP) is 1.20. The smallest absolute Gasteiger partial charge is 0.0921 e. The lowest BCUT2D eigenvalue weighted by Gasteiger charge is -2.36. The van der Waals surface area contributed by atoms with Gasteiger partial charge in [-0.1, -0.05) is 6.92 Å². The molecule has 0 aromatic heterocycles. The fraction of sp³-hybridized carbons (Fsp3) is 0.909. The third-order valence-corrected chi connectivity index (χ3v) is 3.27. The van der Waals surface area contributed by atoms with Gasteiger partial charge in [-0.05, 0) is 26.3 Å². The Morgan fingerprint density at radius 2 is 2.13 bits per heavy atom. The van der Waals surface area contributed by atoms with Gasteiger partial charge in [0.2, 0.25) is 0 Å². The normalized spacial score (nSPS) is 20.5. The summed E-state index contributed by atoms with van der Waals surface area (Å²) in [5.74, 6) is 0.292. The lowest BCUT2D eigenvalue weighted by molar-refractivity contribution is 0.0288. The van der Waals surface area contributed by atoms with Gasteiger partial charge in [-0.15, -0.1) is 0 Å². The summed E-state index contributed by atoms with van der Waals surface area (Å²) in [5, 5.41) is 7.36. The second-order valence-electron chi connectivity index (χ2n) is 4.30. The van der Waals surface area contributed by atoms with Crippen LogP contribution in [-0.4, -0.2) is 43.1 Å². The number of ether oxygens (including phenoxy) is 1. The van der Waals surface area contributed by atoms with Crippen molar-refractivity contribution in [3.8, 4) is 0 Å². The van der Waals surface area contributed by atoms with Crippen LogP contribution >= 0.6 is 0 Å². The molecule has 4 nitrogen and oxygen atoms in total. The number of hydrogen-bond donors (Lipinski definition) is 2. The second-order valence-corrected chi connectivity index (χ2v) is 4.30. The molecular formula is C11H23N3O. The minimum atomic E-state index is 0.292. The van der Waals surface area contributed by atoms with Crippen molar-refractivity contribution in [2.24, 2.45) is 5.73 Å². The van der Waals surface area contributed by atoms with E-state index in [0.29, 0.717) is 24.3 Å². The molecule has 88 valence electrons. The van der Waals surface area contributed by atoms with E-state index in [4.69, 9.17) is 15.9 Å². The van der Waals surface area contributed by atoms with E-state index in [1.54, 1.807) is 0 Å². The maximum absolute atomic E-state index is 7.36. The summed E-state index contributed by atoms with van der Waals surface area (Å²) in [6.07, 6.45) is 3.94. The summed E-state index contributed by atoms with van der Waals surface area (Å²) < 4.78 is 5.35. The first kappa shape index (κ1) is 12.5. The molecule has 1 aliphatic heterocycles. The average molecular weight is 213 g/mol. The minimum Gasteiger partial charge on any atom is -0.388 e. The Hall–Kier alpha value is -0.610. The summed E-state index contributed by atoms with van der Waals surface area (Å²) in [4.78, 5) is 2.38. The molecule has 1 aliphatic rings. The van der Waals surface area contributed by atoms with Crippen molar-refractivity contribution < 1.29 is 4.74 Å². The van der Waals surface area contributed by atoms with Crippen molar-refractivity contribution in [1.29, 1.82) is 5.41 Å². The highest BCUT2D eigenvalue weighted by atomic mass is 16.5. The molecule has 15 heavy (non-hydrogen) atoms. The Morgan fingerprint density at radius 3 is 2.60 bits per heavy atom. The van der Waals surface area contributed by atoms with Crippen LogP contribution in [0.15, 0.2) is 0 Å². The minimum absolute atomic E-state index is 0.292. The topological polar surface area (TPSA) is 62.3 Å². The lowest BCUT2D eigenvalue weighted by atomic mass is 10.0. The standard InChI is InChI=1S/C11H23N3O/c1-3-9(8-11(12)13)14(2)10-4-6-15-7-5-10/h9-10H,3-8H2,1-2H3,(H3,12,13). The van der Waals surface area contributed by atoms with Crippen LogP contribution in [0, 0.1) is 5.41 Å². The van der Waals surface area contributed by atoms with Gasteiger partial charge >= 0.3 is 0 Å². The van der Waals surface area contributed by atoms with Gasteiger partial charge in [-0.2, -0.15) is 0 Å². The van der Waals surface area contributed by atoms with E-state index < -0.39 is 0 Å². The molecule has 0 amide bonds. The van der Waals surface area contributed by atoms with Gasteiger partial charge in [0.1, 0.15) is 0 Å². The zero-order valence-electron chi connectivity index (χ0n) is 9.83. The van der Waals surface area contributed by atoms with Gasteiger partial charge in [0.15, 0.2) is 0 Å². The van der Waals surface area contributed by atoms with Crippen LogP contribution in [0.25, 0.3) is 0 Å². The summed E-state index contributed by atoms with van der Waals surface area (Å²) in [6.45, 7) is 3.89. The molecule has 0 aromatic rings. The van der Waals surface area contributed by atoms with Gasteiger partial charge in [0.05, 0.1) is 5.84 Å². The number of nitrogens with zero attached hydrogens (tertiary/aromatic N) is 1. The van der Waals surface area contributed by atoms with E-state index in [1.807, 2.05) is 0 Å². The molecule has 1 saturated heterocycles. The number of amidine groups is 1. The molecule has 0 saturated carbocycles. The highest BCUT2D eigenvalue weighted by Crippen LogP contribution is 2.18. The Kier molecular flexibility index (Phi) is 5.05. The first-order valence-corrected chi connectivity index (χ1v) is 5.77. The molecule has 1 rings (SSSR count). The maximum Gasteiger partial charge on any atom is 0.0921 e. The number of rotatable bonds is 5. The highest BCUT2D eigenvalue weighted by Gasteiger charge is 2.24. The van der Waals surface area contributed by atoms with Crippen LogP contribution in [0.3, 0.4) is 0 Å². The van der Waals surface area contributed by atoms with E-state index in [1.165, 1.54) is 0 Å². The third-order valence-electron chi connectivity index (χ3n) is 3.27. The van der Waals surface area contributed by atoms with Crippen molar-refractivity contribution >= 4 is 5.84 Å². The molecule has 0 aromatic carbocycles. The van der Waals surface area contributed by atoms with Crippen molar-refractivity contribution in [3.05, 3.63) is 0 Å². The Morgan fingerprint density at radius 1 is 1.53 bits per heavy atom. The fourth-order valence-corrected chi connectivity index (χ4v) is 2.22. The van der Waals surface area contributed by atoms with Crippen LogP contribution in [0.4, 0.5) is 0 Å². The molecule has 1 heterocycles. The Bertz CT molecular complexity index is 202. The van der Waals surface area contributed by atoms with E-state index in [2.05, 4.69) is 18.9 Å². The van der Waals surface area contributed by atoms with Crippen molar-refractivity contribution in [1.82, 2.24) is 4.90 Å². The van der Waals surface area contributed by atoms with Gasteiger partial charge in [0.25, 0.3) is 0 Å². The Labute approximate surface area is 92.3 Å². The average Bonchev–Trinajstić information content (AvgIpc) is 2.26. The lowest BCUT2D eigenvalue weighted by Crippen LogP contribution is -2.44. The molecule has 0 radical (unpaired) electrons. The molecule has 1 atom stereocenters. The first-order chi connectivity index (χ1) is 7.15. The Balaban J connectivity index is 2.46. The molecule has 4 heteroatoms. The molecular weight excluding hydrogens is 190 g/mol. The quantitative estimate of drug-likeness (QED) is 0.533. The summed E-state index contributed by atoms with van der Waals surface area (Å²) in [5.41, 5.74) is 5.47. The molecule has 3 N–H and O–H groups in total. The van der Waals surface area contributed by atoms with Crippen molar-refractivity contribution in [2.75, 3.05) is 20.3 Å². The largest absolute Gasteiger partial charge is 0.388 e. The monoisotopic (exact) mass is 213 g/mol. The number of nitrogens with one attached hydrogen (secondary N) is 1. The predicted molar refractivity (Wildman–Crippen MR) is 62.2 cm³/mol. The molecule has 1 unspecified atom stereocenters. The van der Waals surface area contributed by atoms with Gasteiger partial charge in [0, 0.05) is 31.7 Å². The van der Waals surface area contributed by atoms with E-state index in [0.717, 1.165) is 32.5 Å². The number of hydrogen-bond acceptors (Lipinski definition) is 3. The first-order valence-electron chi connectivity index (χ1n) is 5.77. The van der Waals surface area contributed by atoms with Crippen LogP contribution in [0.2, 0.25) is 0 Å². The highest BCUT2D eigenvalue weighted by molar-refractivity contribution is 5.77. The summed E-state index contributed by atoms with van der Waals surface area (Å²) in [6, 6.07) is 1.01. The SMILES string of the molecule is CCC(CC(=N)N)N(C)C1CCOCC1. The fourth-order valence-electron chi connectivity index (χ4n) is 2.22. The third kappa shape index (κ3) is 3.80. The second kappa shape index (κ2) is 6.08. The maximum atomic E-state index is 7.36. The van der Waals surface area contributed by atoms with Gasteiger partial charge < -0.3 is 10.5 Å². The molecule has 0 spiro atoms. The van der Waals surface area contributed by atoms with Crippen molar-refractivity contribution in [3.63, 3.8) is 0 Å². The van der Waals surface area contributed by atoms with Gasteiger partial charge in [-0.25, -0.2) is 0 Å². The van der Waals surface area contributed by atoms with Crippen LogP contribution in [-0.2, 0) is 4.74 Å². The van der Waals surface area contributed by atoms with E-state index >= 15 is 0 Å². The van der Waals surface area contributed by atoms with Crippen molar-refractivity contribution in [2.45, 2.75) is 44.7 Å². The van der Waals surface area contributed by atoms with E-state index in [9.17, 15) is 0 Å². The van der Waals surface area contributed by atoms with Crippen LogP contribution in [0.5, 0.6) is 0 Å². The van der Waals surface area contributed by atoms with Crippen LogP contribution in [0.1, 0.15) is 32.6 Å². The number of nitrogens with two attached hydrogens (primary N) is 1. The summed E-state index contributed by atoms with van der Waals surface area (Å²) in [7, 11) is 2.15. The zero-order valence-corrected chi connectivity index (χ0v) is 9.83.